The first-order valence-corrected chi connectivity index (χ1v) is 10.5. The minimum atomic E-state index is -0.152. The SMILES string of the molecule is COc1ccccc1OCCOc1c(Cl)cc(/C=C2/SC(=S)N(C)C2=O)cc1Cl. The third kappa shape index (κ3) is 5.17. The van der Waals surface area contributed by atoms with Crippen molar-refractivity contribution in [1.29, 1.82) is 0 Å². The Morgan fingerprint density at radius 1 is 1.10 bits per heavy atom. The first-order valence-electron chi connectivity index (χ1n) is 8.50. The van der Waals surface area contributed by atoms with Crippen molar-refractivity contribution in [3.8, 4) is 17.2 Å². The van der Waals surface area contributed by atoms with Gasteiger partial charge in [-0.15, -0.1) is 0 Å². The van der Waals surface area contributed by atoms with Gasteiger partial charge in [0.2, 0.25) is 0 Å². The molecule has 152 valence electrons. The fourth-order valence-corrected chi connectivity index (χ4v) is 4.32. The van der Waals surface area contributed by atoms with Crippen LogP contribution in [0.2, 0.25) is 10.0 Å². The maximum Gasteiger partial charge on any atom is 0.265 e. The van der Waals surface area contributed by atoms with Gasteiger partial charge in [-0.1, -0.05) is 59.3 Å². The topological polar surface area (TPSA) is 48.0 Å². The average Bonchev–Trinajstić information content (AvgIpc) is 2.93. The number of halogens is 2. The van der Waals surface area contributed by atoms with Crippen molar-refractivity contribution in [3.63, 3.8) is 0 Å². The molecule has 0 aromatic heterocycles. The normalized spacial score (nSPS) is 15.2. The van der Waals surface area contributed by atoms with Gasteiger partial charge in [0.25, 0.3) is 5.91 Å². The summed E-state index contributed by atoms with van der Waals surface area (Å²) in [5, 5.41) is 0.682. The lowest BCUT2D eigenvalue weighted by atomic mass is 10.2. The number of thiocarbonyl (C=S) groups is 1. The van der Waals surface area contributed by atoms with Gasteiger partial charge in [0, 0.05) is 7.05 Å². The van der Waals surface area contributed by atoms with E-state index in [-0.39, 0.29) is 19.1 Å². The molecule has 0 radical (unpaired) electrons. The molecule has 0 saturated carbocycles. The van der Waals surface area contributed by atoms with Crippen molar-refractivity contribution >= 4 is 63.5 Å². The molecular formula is C20H17Cl2NO4S2. The first-order chi connectivity index (χ1) is 13.9. The van der Waals surface area contributed by atoms with E-state index in [2.05, 4.69) is 0 Å². The summed E-state index contributed by atoms with van der Waals surface area (Å²) in [6.45, 7) is 0.527. The quantitative estimate of drug-likeness (QED) is 0.311. The van der Waals surface area contributed by atoms with Crippen molar-refractivity contribution in [2.45, 2.75) is 0 Å². The fraction of sp³-hybridized carbons (Fsp3) is 0.200. The molecule has 0 bridgehead atoms. The largest absolute Gasteiger partial charge is 0.493 e. The van der Waals surface area contributed by atoms with Gasteiger partial charge in [0.05, 0.1) is 22.1 Å². The molecule has 1 heterocycles. The first kappa shape index (κ1) is 21.8. The Morgan fingerprint density at radius 2 is 1.72 bits per heavy atom. The molecule has 5 nitrogen and oxygen atoms in total. The highest BCUT2D eigenvalue weighted by molar-refractivity contribution is 8.26. The zero-order valence-electron chi connectivity index (χ0n) is 15.6. The van der Waals surface area contributed by atoms with E-state index in [0.29, 0.717) is 42.1 Å². The Bertz CT molecular complexity index is 958. The van der Waals surface area contributed by atoms with Gasteiger partial charge in [-0.2, -0.15) is 0 Å². The Kier molecular flexibility index (Phi) is 7.29. The highest BCUT2D eigenvalue weighted by Crippen LogP contribution is 2.37. The summed E-state index contributed by atoms with van der Waals surface area (Å²) in [7, 11) is 3.22. The van der Waals surface area contributed by atoms with Crippen LogP contribution in [-0.2, 0) is 4.79 Å². The fourth-order valence-electron chi connectivity index (χ4n) is 2.53. The number of thioether (sulfide) groups is 1. The molecule has 0 atom stereocenters. The lowest BCUT2D eigenvalue weighted by Crippen LogP contribution is -2.22. The second-order valence-corrected chi connectivity index (χ2v) is 8.39. The number of hydrogen-bond donors (Lipinski definition) is 0. The Labute approximate surface area is 188 Å². The van der Waals surface area contributed by atoms with Gasteiger partial charge < -0.3 is 14.2 Å². The molecule has 1 aliphatic rings. The van der Waals surface area contributed by atoms with Gasteiger partial charge in [0.1, 0.15) is 17.5 Å². The number of nitrogens with zero attached hydrogens (tertiary/aromatic N) is 1. The monoisotopic (exact) mass is 469 g/mol. The number of para-hydroxylation sites is 2. The second-order valence-electron chi connectivity index (χ2n) is 5.90. The lowest BCUT2D eigenvalue weighted by Gasteiger charge is -2.13. The molecule has 1 saturated heterocycles. The van der Waals surface area contributed by atoms with E-state index >= 15 is 0 Å². The van der Waals surface area contributed by atoms with Crippen molar-refractivity contribution in [2.75, 3.05) is 27.4 Å². The maximum atomic E-state index is 12.1. The number of ether oxygens (including phenoxy) is 3. The molecule has 0 N–H and O–H groups in total. The van der Waals surface area contributed by atoms with Crippen LogP contribution in [0.5, 0.6) is 17.2 Å². The van der Waals surface area contributed by atoms with E-state index in [9.17, 15) is 4.79 Å². The Hall–Kier alpha value is -1.93. The number of methoxy groups -OCH3 is 1. The van der Waals surface area contributed by atoms with Gasteiger partial charge in [-0.05, 0) is 35.9 Å². The van der Waals surface area contributed by atoms with Gasteiger partial charge >= 0.3 is 0 Å². The summed E-state index contributed by atoms with van der Waals surface area (Å²) in [4.78, 5) is 14.1. The average molecular weight is 470 g/mol. The maximum absolute atomic E-state index is 12.1. The molecule has 1 amide bonds. The third-order valence-corrected chi connectivity index (χ3v) is 6.01. The lowest BCUT2D eigenvalue weighted by molar-refractivity contribution is -0.121. The number of amides is 1. The smallest absolute Gasteiger partial charge is 0.265 e. The van der Waals surface area contributed by atoms with E-state index in [1.54, 1.807) is 32.4 Å². The molecule has 2 aromatic rings. The number of rotatable bonds is 7. The van der Waals surface area contributed by atoms with E-state index < -0.39 is 0 Å². The van der Waals surface area contributed by atoms with Gasteiger partial charge in [0.15, 0.2) is 17.2 Å². The van der Waals surface area contributed by atoms with Crippen LogP contribution in [0.4, 0.5) is 0 Å². The van der Waals surface area contributed by atoms with Crippen LogP contribution in [0.25, 0.3) is 6.08 Å². The summed E-state index contributed by atoms with van der Waals surface area (Å²) >= 11 is 19.0. The van der Waals surface area contributed by atoms with Crippen LogP contribution < -0.4 is 14.2 Å². The molecule has 1 aliphatic heterocycles. The van der Waals surface area contributed by atoms with E-state index in [1.165, 1.54) is 16.7 Å². The number of likely N-dealkylation sites (N-methyl/N-ethyl adjacent to an activating group) is 1. The van der Waals surface area contributed by atoms with Crippen molar-refractivity contribution in [3.05, 3.63) is 56.9 Å². The number of carbonyl (C=O) groups excluding carboxylic acids is 1. The zero-order valence-corrected chi connectivity index (χ0v) is 18.8. The summed E-state index contributed by atoms with van der Waals surface area (Å²) in [6, 6.07) is 10.7. The molecule has 2 aromatic carbocycles. The summed E-state index contributed by atoms with van der Waals surface area (Å²) in [5.41, 5.74) is 0.687. The van der Waals surface area contributed by atoms with Crippen LogP contribution in [0.15, 0.2) is 41.3 Å². The Balaban J connectivity index is 1.64. The molecule has 3 rings (SSSR count). The summed E-state index contributed by atoms with van der Waals surface area (Å²) < 4.78 is 17.1. The highest BCUT2D eigenvalue weighted by atomic mass is 35.5. The third-order valence-electron chi connectivity index (χ3n) is 3.96. The Morgan fingerprint density at radius 3 is 2.31 bits per heavy atom. The standard InChI is InChI=1S/C20H17Cl2NO4S2/c1-23-19(24)17(29-20(23)28)11-12-9-13(21)18(14(22)10-12)27-8-7-26-16-6-4-3-5-15(16)25-2/h3-6,9-11H,7-8H2,1-2H3/b17-11+. The van der Waals surface area contributed by atoms with Crippen LogP contribution >= 0.6 is 47.2 Å². The van der Waals surface area contributed by atoms with Gasteiger partial charge in [-0.25, -0.2) is 0 Å². The van der Waals surface area contributed by atoms with Crippen molar-refractivity contribution in [1.82, 2.24) is 4.90 Å². The molecule has 9 heteroatoms. The highest BCUT2D eigenvalue weighted by Gasteiger charge is 2.28. The molecule has 0 spiro atoms. The molecule has 29 heavy (non-hydrogen) atoms. The summed E-state index contributed by atoms with van der Waals surface area (Å²) in [5.74, 6) is 1.48. The van der Waals surface area contributed by atoms with Crippen molar-refractivity contribution in [2.24, 2.45) is 0 Å². The number of hydrogen-bond acceptors (Lipinski definition) is 6. The molecule has 1 fully saturated rings. The van der Waals surface area contributed by atoms with E-state index in [4.69, 9.17) is 49.6 Å². The van der Waals surface area contributed by atoms with Crippen LogP contribution in [0, 0.1) is 0 Å². The van der Waals surface area contributed by atoms with E-state index in [0.717, 1.165) is 0 Å². The predicted molar refractivity (Wildman–Crippen MR) is 121 cm³/mol. The number of carbonyl (C=O) groups is 1. The van der Waals surface area contributed by atoms with Crippen LogP contribution in [0.1, 0.15) is 5.56 Å². The molecule has 0 aliphatic carbocycles. The minimum Gasteiger partial charge on any atom is -0.493 e. The minimum absolute atomic E-state index is 0.152. The van der Waals surface area contributed by atoms with Gasteiger partial charge in [-0.3, -0.25) is 9.69 Å². The van der Waals surface area contributed by atoms with E-state index in [1.807, 2.05) is 24.3 Å². The summed E-state index contributed by atoms with van der Waals surface area (Å²) in [6.07, 6.45) is 1.70. The van der Waals surface area contributed by atoms with Crippen molar-refractivity contribution < 1.29 is 19.0 Å². The van der Waals surface area contributed by atoms with Crippen LogP contribution in [0.3, 0.4) is 0 Å². The molecular weight excluding hydrogens is 453 g/mol. The number of benzene rings is 2. The van der Waals surface area contributed by atoms with Crippen LogP contribution in [-0.4, -0.2) is 42.5 Å². The second kappa shape index (κ2) is 9.71. The molecule has 0 unspecified atom stereocenters. The zero-order chi connectivity index (χ0) is 21.0. The predicted octanol–water partition coefficient (Wildman–Crippen LogP) is 5.29.